The normalized spacial score (nSPS) is 20.8. The molecule has 1 aromatic carbocycles. The maximum atomic E-state index is 12.3. The third-order valence-corrected chi connectivity index (χ3v) is 6.15. The molecule has 3 unspecified atom stereocenters. The van der Waals surface area contributed by atoms with Crippen molar-refractivity contribution in [2.75, 3.05) is 0 Å². The number of aromatic nitrogens is 1. The highest BCUT2D eigenvalue weighted by molar-refractivity contribution is 5.94. The van der Waals surface area contributed by atoms with E-state index in [1.807, 2.05) is 33.8 Å². The zero-order valence-electron chi connectivity index (χ0n) is 21.5. The Kier molecular flexibility index (Phi) is 9.99. The van der Waals surface area contributed by atoms with E-state index in [0.717, 1.165) is 30.5 Å². The average Bonchev–Trinajstić information content (AvgIpc) is 2.78. The Labute approximate surface area is 203 Å². The first-order valence-corrected chi connectivity index (χ1v) is 12.1. The Morgan fingerprint density at radius 3 is 2.41 bits per heavy atom. The fourth-order valence-electron chi connectivity index (χ4n) is 4.47. The van der Waals surface area contributed by atoms with Crippen LogP contribution < -0.4 is 15.2 Å². The average molecular weight is 467 g/mol. The Hall–Kier alpha value is -2.99. The molecular formula is C28H38N2O4. The van der Waals surface area contributed by atoms with Crippen molar-refractivity contribution in [1.82, 2.24) is 4.98 Å². The topological polar surface area (TPSA) is 91.5 Å². The molecule has 0 bridgehead atoms. The van der Waals surface area contributed by atoms with Gasteiger partial charge in [-0.05, 0) is 88.1 Å². The van der Waals surface area contributed by atoms with Crippen LogP contribution in [0.25, 0.3) is 0 Å². The number of ketones is 1. The second kappa shape index (κ2) is 12.5. The summed E-state index contributed by atoms with van der Waals surface area (Å²) in [5.41, 5.74) is 10.8. The van der Waals surface area contributed by atoms with Gasteiger partial charge >= 0.3 is 6.16 Å². The summed E-state index contributed by atoms with van der Waals surface area (Å²) in [5, 5.41) is 0. The summed E-state index contributed by atoms with van der Waals surface area (Å²) in [6, 6.07) is 8.54. The highest BCUT2D eigenvalue weighted by atomic mass is 16.7. The lowest BCUT2D eigenvalue weighted by Gasteiger charge is -2.34. The van der Waals surface area contributed by atoms with E-state index in [0.29, 0.717) is 28.7 Å². The number of pyridine rings is 1. The second-order valence-electron chi connectivity index (χ2n) is 8.78. The third-order valence-electron chi connectivity index (χ3n) is 6.15. The van der Waals surface area contributed by atoms with Crippen LogP contribution in [0, 0.1) is 25.7 Å². The first-order valence-electron chi connectivity index (χ1n) is 12.1. The predicted octanol–water partition coefficient (Wildman–Crippen LogP) is 6.37. The molecule has 3 atom stereocenters. The molecule has 34 heavy (non-hydrogen) atoms. The van der Waals surface area contributed by atoms with E-state index < -0.39 is 6.16 Å². The van der Waals surface area contributed by atoms with Crippen molar-refractivity contribution in [3.8, 4) is 11.6 Å². The molecule has 0 aliphatic heterocycles. The number of Topliss-reactive ketones (excluding diaryl/α,β-unsaturated/α-hetero) is 1. The molecule has 3 rings (SSSR count). The molecule has 1 saturated carbocycles. The SMILES string of the molecule is C/C=C1/C(N)CC(C)CC1Cc1nc(OC(=O)Oc2ccc(C(C)=O)cc2C)ccc1C.CC. The van der Waals surface area contributed by atoms with Crippen molar-refractivity contribution >= 4 is 11.9 Å². The molecule has 0 saturated heterocycles. The van der Waals surface area contributed by atoms with Gasteiger partial charge in [-0.1, -0.05) is 38.5 Å². The van der Waals surface area contributed by atoms with Crippen LogP contribution in [0.15, 0.2) is 42.0 Å². The largest absolute Gasteiger partial charge is 0.520 e. The van der Waals surface area contributed by atoms with E-state index in [1.165, 1.54) is 12.5 Å². The molecule has 1 aliphatic carbocycles. The first-order chi connectivity index (χ1) is 16.2. The molecule has 0 spiro atoms. The maximum Gasteiger partial charge on any atom is 0.520 e. The van der Waals surface area contributed by atoms with Gasteiger partial charge in [0.15, 0.2) is 5.78 Å². The summed E-state index contributed by atoms with van der Waals surface area (Å²) in [4.78, 5) is 28.4. The summed E-state index contributed by atoms with van der Waals surface area (Å²) in [5.74, 6) is 1.38. The van der Waals surface area contributed by atoms with Crippen molar-refractivity contribution < 1.29 is 19.1 Å². The van der Waals surface area contributed by atoms with Gasteiger partial charge in [-0.15, -0.1) is 0 Å². The van der Waals surface area contributed by atoms with Gasteiger partial charge < -0.3 is 15.2 Å². The van der Waals surface area contributed by atoms with Crippen molar-refractivity contribution in [3.63, 3.8) is 0 Å². The van der Waals surface area contributed by atoms with Crippen LogP contribution in [0.5, 0.6) is 11.6 Å². The van der Waals surface area contributed by atoms with Gasteiger partial charge in [0.05, 0.1) is 0 Å². The minimum absolute atomic E-state index is 0.0481. The zero-order valence-corrected chi connectivity index (χ0v) is 21.5. The van der Waals surface area contributed by atoms with Gasteiger partial charge in [-0.3, -0.25) is 4.79 Å². The van der Waals surface area contributed by atoms with E-state index in [9.17, 15) is 9.59 Å². The zero-order chi connectivity index (χ0) is 25.4. The van der Waals surface area contributed by atoms with Crippen LogP contribution in [0.3, 0.4) is 0 Å². The summed E-state index contributed by atoms with van der Waals surface area (Å²) in [6.45, 7) is 13.5. The summed E-state index contributed by atoms with van der Waals surface area (Å²) in [7, 11) is 0. The number of benzene rings is 1. The fraction of sp³-hybridized carbons (Fsp3) is 0.464. The Balaban J connectivity index is 0.00000199. The minimum atomic E-state index is -0.867. The van der Waals surface area contributed by atoms with Gasteiger partial charge in [0.2, 0.25) is 5.88 Å². The summed E-state index contributed by atoms with van der Waals surface area (Å²) >= 11 is 0. The van der Waals surface area contributed by atoms with Crippen molar-refractivity contribution in [1.29, 1.82) is 0 Å². The molecule has 2 aromatic rings. The number of carbonyl (C=O) groups is 2. The van der Waals surface area contributed by atoms with Crippen LogP contribution in [0.4, 0.5) is 4.79 Å². The number of hydrogen-bond donors (Lipinski definition) is 1. The number of nitrogens with zero attached hydrogens (tertiary/aromatic N) is 1. The minimum Gasteiger partial charge on any atom is -0.394 e. The lowest BCUT2D eigenvalue weighted by Crippen LogP contribution is -2.35. The molecule has 1 heterocycles. The van der Waals surface area contributed by atoms with Crippen LogP contribution in [-0.2, 0) is 6.42 Å². The fourth-order valence-corrected chi connectivity index (χ4v) is 4.47. The molecule has 1 aliphatic rings. The highest BCUT2D eigenvalue weighted by Gasteiger charge is 2.29. The van der Waals surface area contributed by atoms with E-state index in [-0.39, 0.29) is 17.7 Å². The molecule has 1 aromatic heterocycles. The van der Waals surface area contributed by atoms with Crippen molar-refractivity contribution in [2.24, 2.45) is 17.6 Å². The molecule has 2 N–H and O–H groups in total. The second-order valence-corrected chi connectivity index (χ2v) is 8.78. The standard InChI is InChI=1S/C26H32N2O4.C2H6/c1-6-21-20(11-15(2)12-22(21)27)14-23-16(3)7-10-25(28-23)32-26(30)31-24-9-8-19(18(5)29)13-17(24)4;1-2/h6-10,13,15,20,22H,11-12,14,27H2,1-5H3;1-2H3/b21-6+;. The molecule has 0 radical (unpaired) electrons. The molecule has 6 nitrogen and oxygen atoms in total. The van der Waals surface area contributed by atoms with E-state index in [2.05, 4.69) is 18.0 Å². The van der Waals surface area contributed by atoms with Gasteiger partial charge in [0.1, 0.15) is 5.75 Å². The molecule has 184 valence electrons. The van der Waals surface area contributed by atoms with E-state index in [4.69, 9.17) is 15.2 Å². The number of ether oxygens (including phenoxy) is 2. The Morgan fingerprint density at radius 2 is 1.79 bits per heavy atom. The van der Waals surface area contributed by atoms with Crippen LogP contribution in [-0.4, -0.2) is 23.0 Å². The predicted molar refractivity (Wildman–Crippen MR) is 135 cm³/mol. The highest BCUT2D eigenvalue weighted by Crippen LogP contribution is 2.35. The molecular weight excluding hydrogens is 428 g/mol. The summed E-state index contributed by atoms with van der Waals surface area (Å²) < 4.78 is 10.7. The number of rotatable bonds is 5. The summed E-state index contributed by atoms with van der Waals surface area (Å²) in [6.07, 6.45) is 4.09. The van der Waals surface area contributed by atoms with E-state index in [1.54, 1.807) is 31.2 Å². The molecule has 0 amide bonds. The monoisotopic (exact) mass is 466 g/mol. The number of allylic oxidation sites excluding steroid dienone is 1. The number of aryl methyl sites for hydroxylation is 2. The van der Waals surface area contributed by atoms with Gasteiger partial charge in [-0.2, -0.15) is 0 Å². The maximum absolute atomic E-state index is 12.3. The van der Waals surface area contributed by atoms with Crippen LogP contribution in [0.1, 0.15) is 74.6 Å². The lowest BCUT2D eigenvalue weighted by atomic mass is 9.73. The smallest absolute Gasteiger partial charge is 0.394 e. The van der Waals surface area contributed by atoms with Gasteiger partial charge in [0.25, 0.3) is 0 Å². The molecule has 1 fully saturated rings. The van der Waals surface area contributed by atoms with E-state index >= 15 is 0 Å². The number of nitrogens with two attached hydrogens (primary N) is 1. The lowest BCUT2D eigenvalue weighted by molar-refractivity contribution is 0.101. The van der Waals surface area contributed by atoms with Crippen molar-refractivity contribution in [2.45, 2.75) is 73.8 Å². The quantitative estimate of drug-likeness (QED) is 0.238. The van der Waals surface area contributed by atoms with Crippen LogP contribution in [0.2, 0.25) is 0 Å². The Bertz CT molecular complexity index is 1040. The Morgan fingerprint density at radius 1 is 1.09 bits per heavy atom. The third kappa shape index (κ3) is 7.00. The number of hydrogen-bond acceptors (Lipinski definition) is 6. The first kappa shape index (κ1) is 27.3. The number of carbonyl (C=O) groups excluding carboxylic acids is 2. The van der Waals surface area contributed by atoms with Crippen LogP contribution >= 0.6 is 0 Å². The molecule has 6 heteroatoms. The van der Waals surface area contributed by atoms with Gasteiger partial charge in [0, 0.05) is 23.4 Å². The van der Waals surface area contributed by atoms with Gasteiger partial charge in [-0.25, -0.2) is 9.78 Å². The van der Waals surface area contributed by atoms with Crippen molar-refractivity contribution in [3.05, 3.63) is 64.4 Å².